The van der Waals surface area contributed by atoms with Crippen LogP contribution >= 0.6 is 0 Å². The van der Waals surface area contributed by atoms with Gasteiger partial charge in [-0.3, -0.25) is 9.59 Å². The van der Waals surface area contributed by atoms with E-state index in [0.29, 0.717) is 11.6 Å². The predicted molar refractivity (Wildman–Crippen MR) is 90.3 cm³/mol. The summed E-state index contributed by atoms with van der Waals surface area (Å²) in [6.45, 7) is 2.66. The number of rotatable bonds is 7. The van der Waals surface area contributed by atoms with E-state index < -0.39 is 0 Å². The highest BCUT2D eigenvalue weighted by molar-refractivity contribution is 5.97. The van der Waals surface area contributed by atoms with Gasteiger partial charge in [-0.05, 0) is 62.4 Å². The molecule has 0 unspecified atom stereocenters. The van der Waals surface area contributed by atoms with Gasteiger partial charge in [0.2, 0.25) is 5.91 Å². The van der Waals surface area contributed by atoms with Gasteiger partial charge in [-0.25, -0.2) is 4.39 Å². The number of nitrogens with zero attached hydrogens (tertiary/aromatic N) is 1. The van der Waals surface area contributed by atoms with Crippen LogP contribution in [-0.2, 0) is 4.79 Å². The van der Waals surface area contributed by atoms with Crippen LogP contribution in [0.1, 0.15) is 48.9 Å². The molecule has 1 aliphatic carbocycles. The average Bonchev–Trinajstić information content (AvgIpc) is 3.43. The van der Waals surface area contributed by atoms with E-state index in [4.69, 9.17) is 0 Å². The Balaban J connectivity index is 1.37. The van der Waals surface area contributed by atoms with E-state index in [1.54, 1.807) is 0 Å². The van der Waals surface area contributed by atoms with Gasteiger partial charge in [-0.15, -0.1) is 0 Å². The molecule has 1 aromatic rings. The van der Waals surface area contributed by atoms with Crippen molar-refractivity contribution in [2.24, 2.45) is 5.92 Å². The first-order valence-electron chi connectivity index (χ1n) is 8.92. The molecule has 4 nitrogen and oxygen atoms in total. The van der Waals surface area contributed by atoms with Crippen LogP contribution in [0.25, 0.3) is 0 Å². The molecule has 1 amide bonds. The molecule has 1 aromatic carbocycles. The molecule has 0 atom stereocenters. The smallest absolute Gasteiger partial charge is 0.223 e. The van der Waals surface area contributed by atoms with Crippen LogP contribution in [0.2, 0.25) is 0 Å². The van der Waals surface area contributed by atoms with Gasteiger partial charge in [0, 0.05) is 37.5 Å². The molecule has 2 aliphatic rings. The van der Waals surface area contributed by atoms with Crippen molar-refractivity contribution in [1.29, 1.82) is 0 Å². The molecule has 0 aromatic heterocycles. The highest BCUT2D eigenvalue weighted by Gasteiger charge is 2.26. The lowest BCUT2D eigenvalue weighted by atomic mass is 10.0. The number of ketones is 1. The van der Waals surface area contributed by atoms with E-state index in [1.807, 2.05) is 4.90 Å². The molecule has 5 heteroatoms. The topological polar surface area (TPSA) is 49.4 Å². The molecule has 3 rings (SSSR count). The predicted octanol–water partition coefficient (Wildman–Crippen LogP) is 2.78. The Morgan fingerprint density at radius 2 is 1.71 bits per heavy atom. The lowest BCUT2D eigenvalue weighted by Crippen LogP contribution is -2.45. The van der Waals surface area contributed by atoms with Crippen molar-refractivity contribution in [3.05, 3.63) is 35.6 Å². The van der Waals surface area contributed by atoms with Crippen LogP contribution in [0.3, 0.4) is 0 Å². The van der Waals surface area contributed by atoms with Crippen LogP contribution in [0, 0.1) is 11.7 Å². The number of amides is 1. The Kier molecular flexibility index (Phi) is 5.61. The van der Waals surface area contributed by atoms with E-state index in [9.17, 15) is 14.0 Å². The van der Waals surface area contributed by atoms with E-state index >= 15 is 0 Å². The SMILES string of the molecule is O=C(CCC(=O)N1CCC(NCC2CC2)CC1)c1ccc(F)cc1. The van der Waals surface area contributed by atoms with Crippen molar-refractivity contribution in [1.82, 2.24) is 10.2 Å². The second-order valence-electron chi connectivity index (χ2n) is 6.94. The molecule has 1 saturated heterocycles. The Labute approximate surface area is 142 Å². The first-order chi connectivity index (χ1) is 11.6. The zero-order chi connectivity index (χ0) is 16.9. The molecule has 2 fully saturated rings. The van der Waals surface area contributed by atoms with Crippen LogP contribution in [0.15, 0.2) is 24.3 Å². The summed E-state index contributed by atoms with van der Waals surface area (Å²) in [5.41, 5.74) is 0.465. The number of hydrogen-bond donors (Lipinski definition) is 1. The highest BCUT2D eigenvalue weighted by Crippen LogP contribution is 2.28. The van der Waals surface area contributed by atoms with E-state index in [0.717, 1.165) is 38.4 Å². The van der Waals surface area contributed by atoms with Crippen LogP contribution in [0.4, 0.5) is 4.39 Å². The van der Waals surface area contributed by atoms with E-state index in [1.165, 1.54) is 37.1 Å². The fourth-order valence-corrected chi connectivity index (χ4v) is 3.15. The summed E-state index contributed by atoms with van der Waals surface area (Å²) < 4.78 is 12.9. The average molecular weight is 332 g/mol. The first-order valence-corrected chi connectivity index (χ1v) is 8.92. The monoisotopic (exact) mass is 332 g/mol. The zero-order valence-corrected chi connectivity index (χ0v) is 14.0. The molecule has 1 heterocycles. The third kappa shape index (κ3) is 4.87. The number of nitrogens with one attached hydrogen (secondary N) is 1. The fraction of sp³-hybridized carbons (Fsp3) is 0.579. The van der Waals surface area contributed by atoms with Crippen molar-refractivity contribution >= 4 is 11.7 Å². The third-order valence-corrected chi connectivity index (χ3v) is 4.97. The second-order valence-corrected chi connectivity index (χ2v) is 6.94. The minimum atomic E-state index is -0.360. The molecule has 0 radical (unpaired) electrons. The summed E-state index contributed by atoms with van der Waals surface area (Å²) in [6.07, 6.45) is 5.11. The van der Waals surface area contributed by atoms with Crippen LogP contribution in [0.5, 0.6) is 0 Å². The molecular weight excluding hydrogens is 307 g/mol. The number of Topliss-reactive ketones (excluding diaryl/α,β-unsaturated/α-hetero) is 1. The maximum absolute atomic E-state index is 12.9. The van der Waals surface area contributed by atoms with Crippen molar-refractivity contribution in [3.63, 3.8) is 0 Å². The lowest BCUT2D eigenvalue weighted by Gasteiger charge is -2.32. The standard InChI is InChI=1S/C19H25FN2O2/c20-16-5-3-15(4-6-16)18(23)7-8-19(24)22-11-9-17(10-12-22)21-13-14-1-2-14/h3-6,14,17,21H,1-2,7-13H2. The van der Waals surface area contributed by atoms with Crippen LogP contribution in [-0.4, -0.2) is 42.3 Å². The minimum absolute atomic E-state index is 0.0473. The molecule has 1 aliphatic heterocycles. The Bertz CT molecular complexity index is 576. The Morgan fingerprint density at radius 1 is 1.04 bits per heavy atom. The molecule has 24 heavy (non-hydrogen) atoms. The molecule has 130 valence electrons. The first kappa shape index (κ1) is 17.1. The van der Waals surface area contributed by atoms with Gasteiger partial charge in [-0.1, -0.05) is 0 Å². The molecule has 1 N–H and O–H groups in total. The molecule has 0 bridgehead atoms. The number of benzene rings is 1. The summed E-state index contributed by atoms with van der Waals surface area (Å²) in [5.74, 6) is 0.457. The van der Waals surface area contributed by atoms with Crippen LogP contribution < -0.4 is 5.32 Å². The van der Waals surface area contributed by atoms with Gasteiger partial charge in [0.25, 0.3) is 0 Å². The summed E-state index contributed by atoms with van der Waals surface area (Å²) in [4.78, 5) is 26.2. The van der Waals surface area contributed by atoms with Gasteiger partial charge in [0.1, 0.15) is 5.82 Å². The number of halogens is 1. The van der Waals surface area contributed by atoms with Gasteiger partial charge < -0.3 is 10.2 Å². The fourth-order valence-electron chi connectivity index (χ4n) is 3.15. The Hall–Kier alpha value is -1.75. The quantitative estimate of drug-likeness (QED) is 0.781. The largest absolute Gasteiger partial charge is 0.343 e. The maximum atomic E-state index is 12.9. The minimum Gasteiger partial charge on any atom is -0.343 e. The summed E-state index contributed by atoms with van der Waals surface area (Å²) in [7, 11) is 0. The van der Waals surface area contributed by atoms with E-state index in [-0.39, 0.29) is 30.3 Å². The normalized spacial score (nSPS) is 18.6. The summed E-state index contributed by atoms with van der Waals surface area (Å²) in [5, 5.41) is 3.60. The number of carbonyl (C=O) groups excluding carboxylic acids is 2. The van der Waals surface area contributed by atoms with E-state index in [2.05, 4.69) is 5.32 Å². The van der Waals surface area contributed by atoms with Crippen molar-refractivity contribution in [2.75, 3.05) is 19.6 Å². The van der Waals surface area contributed by atoms with Crippen molar-refractivity contribution < 1.29 is 14.0 Å². The van der Waals surface area contributed by atoms with Gasteiger partial charge >= 0.3 is 0 Å². The van der Waals surface area contributed by atoms with Gasteiger partial charge in [0.15, 0.2) is 5.78 Å². The lowest BCUT2D eigenvalue weighted by molar-refractivity contribution is -0.132. The van der Waals surface area contributed by atoms with Gasteiger partial charge in [-0.2, -0.15) is 0 Å². The number of likely N-dealkylation sites (tertiary alicyclic amines) is 1. The number of carbonyl (C=O) groups is 2. The summed E-state index contributed by atoms with van der Waals surface area (Å²) in [6, 6.07) is 6.01. The Morgan fingerprint density at radius 3 is 2.33 bits per heavy atom. The molecule has 0 spiro atoms. The van der Waals surface area contributed by atoms with Crippen molar-refractivity contribution in [3.8, 4) is 0 Å². The number of piperidine rings is 1. The van der Waals surface area contributed by atoms with Gasteiger partial charge in [0.05, 0.1) is 0 Å². The number of hydrogen-bond acceptors (Lipinski definition) is 3. The zero-order valence-electron chi connectivity index (χ0n) is 14.0. The van der Waals surface area contributed by atoms with Crippen molar-refractivity contribution in [2.45, 2.75) is 44.6 Å². The maximum Gasteiger partial charge on any atom is 0.223 e. The molecular formula is C19H25FN2O2. The molecule has 1 saturated carbocycles. The third-order valence-electron chi connectivity index (χ3n) is 4.97. The second kappa shape index (κ2) is 7.88. The summed E-state index contributed by atoms with van der Waals surface area (Å²) >= 11 is 0. The highest BCUT2D eigenvalue weighted by atomic mass is 19.1.